The van der Waals surface area contributed by atoms with Crippen LogP contribution in [-0.4, -0.2) is 51.4 Å². The third-order valence-corrected chi connectivity index (χ3v) is 3.85. The zero-order chi connectivity index (χ0) is 15.6. The molecule has 1 atom stereocenters. The number of hydrogen-bond donors (Lipinski definition) is 1. The van der Waals surface area contributed by atoms with Gasteiger partial charge in [-0.3, -0.25) is 15.1 Å². The molecule has 5 heteroatoms. The van der Waals surface area contributed by atoms with E-state index in [1.54, 1.807) is 4.90 Å². The van der Waals surface area contributed by atoms with Gasteiger partial charge in [0.1, 0.15) is 6.17 Å². The van der Waals surface area contributed by atoms with E-state index in [0.717, 1.165) is 22.5 Å². The second-order valence-electron chi connectivity index (χ2n) is 5.26. The second-order valence-corrected chi connectivity index (χ2v) is 5.26. The van der Waals surface area contributed by atoms with Gasteiger partial charge in [0, 0.05) is 19.8 Å². The monoisotopic (exact) mass is 286 g/mol. The van der Waals surface area contributed by atoms with Gasteiger partial charge in [0.25, 0.3) is 5.91 Å². The minimum Gasteiger partial charge on any atom is -0.346 e. The largest absolute Gasteiger partial charge is 0.346 e. The predicted octanol–water partition coefficient (Wildman–Crippen LogP) is 1.65. The number of anilines is 1. The molecule has 21 heavy (non-hydrogen) atoms. The van der Waals surface area contributed by atoms with E-state index in [2.05, 4.69) is 21.9 Å². The van der Waals surface area contributed by atoms with Crippen LogP contribution >= 0.6 is 0 Å². The lowest BCUT2D eigenvalue weighted by Gasteiger charge is -2.23. The normalized spacial score (nSPS) is 18.5. The van der Waals surface area contributed by atoms with E-state index < -0.39 is 0 Å². The summed E-state index contributed by atoms with van der Waals surface area (Å²) in [6.07, 6.45) is 1.83. The van der Waals surface area contributed by atoms with Crippen molar-refractivity contribution < 1.29 is 4.79 Å². The molecule has 0 aromatic heterocycles. The second kappa shape index (κ2) is 6.10. The number of benzene rings is 1. The van der Waals surface area contributed by atoms with Crippen molar-refractivity contribution in [1.82, 2.24) is 10.2 Å². The van der Waals surface area contributed by atoms with E-state index in [9.17, 15) is 4.79 Å². The molecule has 112 valence electrons. The van der Waals surface area contributed by atoms with Crippen LogP contribution in [0.5, 0.6) is 0 Å². The fourth-order valence-electron chi connectivity index (χ4n) is 2.55. The number of carbonyl (C=O) groups is 1. The van der Waals surface area contributed by atoms with Crippen LogP contribution in [0.4, 0.5) is 5.69 Å². The van der Waals surface area contributed by atoms with Gasteiger partial charge < -0.3 is 9.80 Å². The van der Waals surface area contributed by atoms with E-state index in [4.69, 9.17) is 0 Å². The fourth-order valence-corrected chi connectivity index (χ4v) is 2.55. The predicted molar refractivity (Wildman–Crippen MR) is 87.0 cm³/mol. The maximum Gasteiger partial charge on any atom is 0.256 e. The standard InChI is InChI=1S/C16H22N4O/c1-11-7-6-8-13-15(11)16(21)19(4)10-12(20(13)5)9-14(17-2)18-3/h6-9,14,18H,2,10H2,1,3-5H3/b12-9+. The van der Waals surface area contributed by atoms with Crippen LogP contribution < -0.4 is 10.2 Å². The highest BCUT2D eigenvalue weighted by atomic mass is 16.2. The molecule has 1 aromatic rings. The van der Waals surface area contributed by atoms with Crippen LogP contribution in [0, 0.1) is 6.92 Å². The zero-order valence-electron chi connectivity index (χ0n) is 13.1. The Morgan fingerprint density at radius 1 is 1.43 bits per heavy atom. The maximum atomic E-state index is 12.6. The number of nitrogens with one attached hydrogen (secondary N) is 1. The molecular formula is C16H22N4O. The molecule has 0 saturated heterocycles. The van der Waals surface area contributed by atoms with Crippen molar-refractivity contribution in [2.24, 2.45) is 4.99 Å². The van der Waals surface area contributed by atoms with E-state index in [1.807, 2.05) is 52.3 Å². The molecule has 1 aliphatic rings. The molecule has 0 bridgehead atoms. The first-order valence-electron chi connectivity index (χ1n) is 6.92. The smallest absolute Gasteiger partial charge is 0.256 e. The van der Waals surface area contributed by atoms with Gasteiger partial charge in [0.2, 0.25) is 0 Å². The molecule has 1 N–H and O–H groups in total. The quantitative estimate of drug-likeness (QED) is 0.860. The Kier molecular flexibility index (Phi) is 4.43. The van der Waals surface area contributed by atoms with E-state index in [0.29, 0.717) is 6.54 Å². The summed E-state index contributed by atoms with van der Waals surface area (Å²) in [6.45, 7) is 6.09. The van der Waals surface area contributed by atoms with Crippen molar-refractivity contribution >= 4 is 18.3 Å². The molecule has 1 aromatic carbocycles. The summed E-state index contributed by atoms with van der Waals surface area (Å²) in [5.41, 5.74) is 3.69. The van der Waals surface area contributed by atoms with Crippen LogP contribution in [0.3, 0.4) is 0 Å². The number of rotatable bonds is 3. The van der Waals surface area contributed by atoms with Crippen molar-refractivity contribution in [3.05, 3.63) is 41.1 Å². The number of hydrogen-bond acceptors (Lipinski definition) is 4. The first kappa shape index (κ1) is 15.3. The van der Waals surface area contributed by atoms with Crippen LogP contribution in [0.15, 0.2) is 35.0 Å². The van der Waals surface area contributed by atoms with Gasteiger partial charge in [0.05, 0.1) is 17.8 Å². The Hall–Kier alpha value is -2.14. The highest BCUT2D eigenvalue weighted by molar-refractivity contribution is 6.02. The number of aliphatic imine (C=N–C) groups is 1. The van der Waals surface area contributed by atoms with Gasteiger partial charge in [0.15, 0.2) is 0 Å². The minimum atomic E-state index is -0.169. The van der Waals surface area contributed by atoms with Gasteiger partial charge >= 0.3 is 0 Å². The van der Waals surface area contributed by atoms with Crippen molar-refractivity contribution in [3.8, 4) is 0 Å². The third-order valence-electron chi connectivity index (χ3n) is 3.85. The molecule has 0 saturated carbocycles. The lowest BCUT2D eigenvalue weighted by molar-refractivity contribution is 0.0810. The Morgan fingerprint density at radius 2 is 2.14 bits per heavy atom. The number of nitrogens with zero attached hydrogens (tertiary/aromatic N) is 3. The Bertz CT molecular complexity index is 594. The lowest BCUT2D eigenvalue weighted by Crippen LogP contribution is -2.31. The summed E-state index contributed by atoms with van der Waals surface area (Å²) in [5.74, 6) is 0.0471. The van der Waals surface area contributed by atoms with E-state index in [1.165, 1.54) is 0 Å². The van der Waals surface area contributed by atoms with Crippen molar-refractivity contribution in [2.45, 2.75) is 13.1 Å². The minimum absolute atomic E-state index is 0.0471. The topological polar surface area (TPSA) is 47.9 Å². The van der Waals surface area contributed by atoms with Gasteiger partial charge in [-0.2, -0.15) is 0 Å². The SMILES string of the molecule is C=NC(/C=C1\CN(C)C(=O)c2c(C)cccc2N1C)NC. The highest BCUT2D eigenvalue weighted by Gasteiger charge is 2.27. The average Bonchev–Trinajstić information content (AvgIpc) is 2.57. The summed E-state index contributed by atoms with van der Waals surface area (Å²) in [5, 5.41) is 3.07. The van der Waals surface area contributed by atoms with Gasteiger partial charge in [-0.25, -0.2) is 0 Å². The summed E-state index contributed by atoms with van der Waals surface area (Å²) in [4.78, 5) is 20.4. The molecule has 2 rings (SSSR count). The van der Waals surface area contributed by atoms with Gasteiger partial charge in [-0.05, 0) is 38.4 Å². The van der Waals surface area contributed by atoms with Gasteiger partial charge in [-0.1, -0.05) is 12.1 Å². The molecule has 1 aliphatic heterocycles. The van der Waals surface area contributed by atoms with Crippen LogP contribution in [-0.2, 0) is 0 Å². The van der Waals surface area contributed by atoms with Crippen LogP contribution in [0.2, 0.25) is 0 Å². The molecule has 0 radical (unpaired) electrons. The molecule has 1 heterocycles. The summed E-state index contributed by atoms with van der Waals surface area (Å²) in [6, 6.07) is 5.92. The van der Waals surface area contributed by atoms with Gasteiger partial charge in [-0.15, -0.1) is 0 Å². The Morgan fingerprint density at radius 3 is 2.76 bits per heavy atom. The highest BCUT2D eigenvalue weighted by Crippen LogP contribution is 2.30. The summed E-state index contributed by atoms with van der Waals surface area (Å²) in [7, 11) is 5.63. The molecule has 0 aliphatic carbocycles. The molecule has 1 amide bonds. The Balaban J connectivity index is 2.55. The first-order chi connectivity index (χ1) is 9.99. The molecule has 0 spiro atoms. The molecular weight excluding hydrogens is 264 g/mol. The average molecular weight is 286 g/mol. The maximum absolute atomic E-state index is 12.6. The fraction of sp³-hybridized carbons (Fsp3) is 0.375. The molecule has 1 unspecified atom stereocenters. The Labute approximate surface area is 126 Å². The van der Waals surface area contributed by atoms with E-state index >= 15 is 0 Å². The summed E-state index contributed by atoms with van der Waals surface area (Å²) < 4.78 is 0. The van der Waals surface area contributed by atoms with Crippen LogP contribution in [0.1, 0.15) is 15.9 Å². The van der Waals surface area contributed by atoms with E-state index in [-0.39, 0.29) is 12.1 Å². The number of likely N-dealkylation sites (N-methyl/N-ethyl adjacent to an activating group) is 3. The van der Waals surface area contributed by atoms with Crippen LogP contribution in [0.25, 0.3) is 0 Å². The van der Waals surface area contributed by atoms with Crippen molar-refractivity contribution in [2.75, 3.05) is 32.6 Å². The first-order valence-corrected chi connectivity index (χ1v) is 6.92. The number of amides is 1. The van der Waals surface area contributed by atoms with Crippen molar-refractivity contribution in [1.29, 1.82) is 0 Å². The number of aryl methyl sites for hydroxylation is 1. The third kappa shape index (κ3) is 2.83. The molecule has 0 fully saturated rings. The number of carbonyl (C=O) groups excluding carboxylic acids is 1. The zero-order valence-corrected chi connectivity index (χ0v) is 13.1. The summed E-state index contributed by atoms with van der Waals surface area (Å²) >= 11 is 0. The lowest BCUT2D eigenvalue weighted by atomic mass is 10.1. The van der Waals surface area contributed by atoms with Crippen molar-refractivity contribution in [3.63, 3.8) is 0 Å². The molecule has 5 nitrogen and oxygen atoms in total. The number of fused-ring (bicyclic) bond motifs is 1.